The largest absolute Gasteiger partial charge is 0.384 e. The standard InChI is InChI=1S/C24H24BrN5O2/c1-2-3-14-27-22(26)16-8-10-17(11-9-16)23(31)29-20-7-5-4-6-19(20)24(32)30-21-13-12-18(25)15-28-21/h4-13,15H,2-3,14H2,1H3,(H2,26,27)(H,29,31)(H,28,30,32). The van der Waals surface area contributed by atoms with Gasteiger partial charge in [-0.15, -0.1) is 0 Å². The summed E-state index contributed by atoms with van der Waals surface area (Å²) >= 11 is 3.31. The van der Waals surface area contributed by atoms with Gasteiger partial charge in [0.25, 0.3) is 11.8 Å². The molecule has 0 radical (unpaired) electrons. The van der Waals surface area contributed by atoms with Gasteiger partial charge in [-0.1, -0.05) is 37.6 Å². The molecule has 164 valence electrons. The zero-order valence-electron chi connectivity index (χ0n) is 17.6. The molecule has 0 saturated heterocycles. The molecule has 3 aromatic rings. The van der Waals surface area contributed by atoms with E-state index in [1.807, 2.05) is 0 Å². The number of amides is 2. The van der Waals surface area contributed by atoms with E-state index < -0.39 is 0 Å². The van der Waals surface area contributed by atoms with Crippen LogP contribution in [0.2, 0.25) is 0 Å². The molecule has 0 spiro atoms. The van der Waals surface area contributed by atoms with E-state index in [9.17, 15) is 9.59 Å². The maximum atomic E-state index is 12.8. The molecule has 0 aliphatic heterocycles. The average molecular weight is 494 g/mol. The number of carbonyl (C=O) groups excluding carboxylic acids is 2. The van der Waals surface area contributed by atoms with Crippen molar-refractivity contribution in [1.29, 1.82) is 0 Å². The Balaban J connectivity index is 1.71. The van der Waals surface area contributed by atoms with E-state index in [0.29, 0.717) is 35.0 Å². The molecule has 2 amide bonds. The molecule has 1 aromatic heterocycles. The number of unbranched alkanes of at least 4 members (excludes halogenated alkanes) is 1. The number of amidine groups is 1. The van der Waals surface area contributed by atoms with Crippen LogP contribution in [0.4, 0.5) is 11.5 Å². The minimum absolute atomic E-state index is 0.328. The van der Waals surface area contributed by atoms with Gasteiger partial charge in [0.05, 0.1) is 11.3 Å². The smallest absolute Gasteiger partial charge is 0.258 e. The Morgan fingerprint density at radius 3 is 2.38 bits per heavy atom. The van der Waals surface area contributed by atoms with Crippen LogP contribution in [0.5, 0.6) is 0 Å². The second-order valence-corrected chi connectivity index (χ2v) is 7.93. The zero-order valence-corrected chi connectivity index (χ0v) is 19.2. The number of anilines is 2. The van der Waals surface area contributed by atoms with E-state index in [2.05, 4.69) is 43.5 Å². The molecule has 4 N–H and O–H groups in total. The summed E-state index contributed by atoms with van der Waals surface area (Å²) in [4.78, 5) is 34.0. The Morgan fingerprint density at radius 2 is 1.69 bits per heavy atom. The Labute approximate surface area is 195 Å². The molecule has 0 saturated carbocycles. The lowest BCUT2D eigenvalue weighted by atomic mass is 10.1. The number of nitrogens with one attached hydrogen (secondary N) is 2. The van der Waals surface area contributed by atoms with Crippen LogP contribution in [0.1, 0.15) is 46.0 Å². The molecule has 0 fully saturated rings. The van der Waals surface area contributed by atoms with Crippen molar-refractivity contribution in [2.45, 2.75) is 19.8 Å². The summed E-state index contributed by atoms with van der Waals surface area (Å²) in [5, 5.41) is 5.53. The maximum absolute atomic E-state index is 12.8. The molecule has 32 heavy (non-hydrogen) atoms. The number of para-hydroxylation sites is 1. The lowest BCUT2D eigenvalue weighted by Gasteiger charge is -2.11. The fraction of sp³-hybridized carbons (Fsp3) is 0.167. The van der Waals surface area contributed by atoms with Crippen molar-refractivity contribution in [3.63, 3.8) is 0 Å². The third-order valence-corrected chi connectivity index (χ3v) is 5.09. The molecular weight excluding hydrogens is 470 g/mol. The Bertz CT molecular complexity index is 1110. The molecule has 0 atom stereocenters. The van der Waals surface area contributed by atoms with Crippen LogP contribution < -0.4 is 16.4 Å². The van der Waals surface area contributed by atoms with Crippen molar-refractivity contribution in [3.05, 3.63) is 88.0 Å². The number of carbonyl (C=O) groups is 2. The van der Waals surface area contributed by atoms with E-state index in [0.717, 1.165) is 22.9 Å². The van der Waals surface area contributed by atoms with E-state index >= 15 is 0 Å². The number of hydrogen-bond acceptors (Lipinski definition) is 4. The SMILES string of the molecule is CCCCN=C(N)c1ccc(C(=O)Nc2ccccc2C(=O)Nc2ccc(Br)cn2)cc1. The number of benzene rings is 2. The quantitative estimate of drug-likeness (QED) is 0.236. The van der Waals surface area contributed by atoms with Gasteiger partial charge in [0.2, 0.25) is 0 Å². The van der Waals surface area contributed by atoms with E-state index in [1.54, 1.807) is 66.9 Å². The van der Waals surface area contributed by atoms with Crippen LogP contribution in [-0.4, -0.2) is 29.2 Å². The van der Waals surface area contributed by atoms with Crippen molar-refractivity contribution in [3.8, 4) is 0 Å². The Kier molecular flexibility index (Phi) is 8.10. The van der Waals surface area contributed by atoms with Gasteiger partial charge in [-0.25, -0.2) is 4.98 Å². The molecule has 1 heterocycles. The predicted octanol–water partition coefficient (Wildman–Crippen LogP) is 4.85. The highest BCUT2D eigenvalue weighted by molar-refractivity contribution is 9.10. The van der Waals surface area contributed by atoms with Gasteiger partial charge in [0.15, 0.2) is 0 Å². The number of nitrogens with two attached hydrogens (primary N) is 1. The van der Waals surface area contributed by atoms with Gasteiger partial charge in [0, 0.05) is 28.3 Å². The summed E-state index contributed by atoms with van der Waals surface area (Å²) in [6.45, 7) is 2.78. The number of aromatic nitrogens is 1. The van der Waals surface area contributed by atoms with Crippen LogP contribution in [-0.2, 0) is 0 Å². The minimum atomic E-state index is -0.373. The highest BCUT2D eigenvalue weighted by Crippen LogP contribution is 2.19. The number of hydrogen-bond donors (Lipinski definition) is 3. The van der Waals surface area contributed by atoms with Crippen molar-refractivity contribution in [2.24, 2.45) is 10.7 Å². The first-order chi connectivity index (χ1) is 15.5. The molecule has 2 aromatic carbocycles. The van der Waals surface area contributed by atoms with Gasteiger partial charge in [-0.3, -0.25) is 14.6 Å². The molecule has 3 rings (SSSR count). The third-order valence-electron chi connectivity index (χ3n) is 4.63. The lowest BCUT2D eigenvalue weighted by molar-refractivity contribution is 0.102. The van der Waals surface area contributed by atoms with Gasteiger partial charge >= 0.3 is 0 Å². The molecule has 0 bridgehead atoms. The molecule has 0 aliphatic rings. The molecule has 0 unspecified atom stereocenters. The molecule has 0 aliphatic carbocycles. The Hall–Kier alpha value is -3.52. The minimum Gasteiger partial charge on any atom is -0.384 e. The van der Waals surface area contributed by atoms with Gasteiger partial charge in [-0.2, -0.15) is 0 Å². The Morgan fingerprint density at radius 1 is 0.969 bits per heavy atom. The fourth-order valence-corrected chi connectivity index (χ4v) is 3.09. The van der Waals surface area contributed by atoms with Crippen LogP contribution in [0.3, 0.4) is 0 Å². The summed E-state index contributed by atoms with van der Waals surface area (Å²) < 4.78 is 0.808. The summed E-state index contributed by atoms with van der Waals surface area (Å²) in [6, 6.07) is 17.1. The second kappa shape index (κ2) is 11.2. The number of nitrogens with zero attached hydrogens (tertiary/aromatic N) is 2. The second-order valence-electron chi connectivity index (χ2n) is 7.01. The van der Waals surface area contributed by atoms with E-state index in [4.69, 9.17) is 5.73 Å². The molecule has 8 heteroatoms. The summed E-state index contributed by atoms with van der Waals surface area (Å²) in [5.74, 6) is 0.157. The van der Waals surface area contributed by atoms with Crippen LogP contribution in [0.15, 0.2) is 76.3 Å². The molecular formula is C24H24BrN5O2. The topological polar surface area (TPSA) is 109 Å². The maximum Gasteiger partial charge on any atom is 0.258 e. The summed E-state index contributed by atoms with van der Waals surface area (Å²) in [7, 11) is 0. The summed E-state index contributed by atoms with van der Waals surface area (Å²) in [6.07, 6.45) is 3.62. The van der Waals surface area contributed by atoms with Crippen molar-refractivity contribution in [2.75, 3.05) is 17.2 Å². The van der Waals surface area contributed by atoms with Crippen LogP contribution in [0.25, 0.3) is 0 Å². The first kappa shape index (κ1) is 23.1. The zero-order chi connectivity index (χ0) is 22.9. The van der Waals surface area contributed by atoms with Gasteiger partial charge < -0.3 is 16.4 Å². The summed E-state index contributed by atoms with van der Waals surface area (Å²) in [5.41, 5.74) is 7.94. The van der Waals surface area contributed by atoms with Crippen LogP contribution >= 0.6 is 15.9 Å². The first-order valence-electron chi connectivity index (χ1n) is 10.2. The van der Waals surface area contributed by atoms with Gasteiger partial charge in [0.1, 0.15) is 11.7 Å². The van der Waals surface area contributed by atoms with Gasteiger partial charge in [-0.05, 0) is 58.7 Å². The average Bonchev–Trinajstić information content (AvgIpc) is 2.81. The van der Waals surface area contributed by atoms with E-state index in [-0.39, 0.29) is 11.8 Å². The normalized spacial score (nSPS) is 11.1. The number of pyridine rings is 1. The van der Waals surface area contributed by atoms with E-state index in [1.165, 1.54) is 0 Å². The number of halogens is 1. The lowest BCUT2D eigenvalue weighted by Crippen LogP contribution is -2.19. The third kappa shape index (κ3) is 6.24. The monoisotopic (exact) mass is 493 g/mol. The van der Waals surface area contributed by atoms with Crippen molar-refractivity contribution in [1.82, 2.24) is 4.98 Å². The first-order valence-corrected chi connectivity index (χ1v) is 11.0. The number of rotatable bonds is 8. The fourth-order valence-electron chi connectivity index (χ4n) is 2.86. The van der Waals surface area contributed by atoms with Crippen LogP contribution in [0, 0.1) is 0 Å². The predicted molar refractivity (Wildman–Crippen MR) is 131 cm³/mol. The number of aliphatic imine (C=N–C) groups is 1. The van der Waals surface area contributed by atoms with Crippen molar-refractivity contribution >= 4 is 45.1 Å². The highest BCUT2D eigenvalue weighted by Gasteiger charge is 2.15. The highest BCUT2D eigenvalue weighted by atomic mass is 79.9. The van der Waals surface area contributed by atoms with Crippen molar-refractivity contribution < 1.29 is 9.59 Å². The molecule has 7 nitrogen and oxygen atoms in total.